The molecule has 9 heteroatoms. The van der Waals surface area contributed by atoms with Gasteiger partial charge < -0.3 is 14.6 Å². The standard InChI is InChI=1S/C27H29N7OS/c28-16-18-13-22(21-3-4-29-24(21)14-18)25-30-26(34-9-11-35-12-10-34)23-15-20(36-27(23)31-25)17-32-5-7-33(8-6-32)19-1-2-19/h3-4,13-15,19,29H,1-2,5-12,17H2. The van der Waals surface area contributed by atoms with E-state index in [0.29, 0.717) is 24.6 Å². The van der Waals surface area contributed by atoms with Crippen molar-refractivity contribution >= 4 is 38.3 Å². The van der Waals surface area contributed by atoms with Crippen LogP contribution in [0, 0.1) is 11.3 Å². The lowest BCUT2D eigenvalue weighted by Gasteiger charge is -2.34. The summed E-state index contributed by atoms with van der Waals surface area (Å²) in [4.78, 5) is 23.3. The monoisotopic (exact) mass is 499 g/mol. The molecule has 0 amide bonds. The van der Waals surface area contributed by atoms with Crippen molar-refractivity contribution in [2.24, 2.45) is 0 Å². The number of nitrogens with one attached hydrogen (secondary N) is 1. The second-order valence-corrected chi connectivity index (χ2v) is 11.1. The highest BCUT2D eigenvalue weighted by Gasteiger charge is 2.31. The van der Waals surface area contributed by atoms with Gasteiger partial charge in [0.2, 0.25) is 0 Å². The second kappa shape index (κ2) is 9.12. The van der Waals surface area contributed by atoms with Crippen LogP contribution < -0.4 is 4.90 Å². The van der Waals surface area contributed by atoms with E-state index in [4.69, 9.17) is 14.7 Å². The topological polar surface area (TPSA) is 84.3 Å². The van der Waals surface area contributed by atoms with Gasteiger partial charge in [-0.15, -0.1) is 11.3 Å². The van der Waals surface area contributed by atoms with Crippen molar-refractivity contribution in [1.29, 1.82) is 5.26 Å². The number of hydrogen-bond acceptors (Lipinski definition) is 8. The van der Waals surface area contributed by atoms with Crippen LogP contribution in [-0.4, -0.2) is 83.3 Å². The Labute approximate surface area is 214 Å². The number of thiophene rings is 1. The minimum atomic E-state index is 0.605. The van der Waals surface area contributed by atoms with Gasteiger partial charge >= 0.3 is 0 Å². The number of anilines is 1. The number of ether oxygens (including phenoxy) is 1. The third-order valence-corrected chi connectivity index (χ3v) is 8.64. The van der Waals surface area contributed by atoms with Crippen molar-refractivity contribution in [3.05, 3.63) is 40.9 Å². The molecule has 3 fully saturated rings. The maximum Gasteiger partial charge on any atom is 0.163 e. The summed E-state index contributed by atoms with van der Waals surface area (Å²) in [5.41, 5.74) is 2.43. The third kappa shape index (κ3) is 4.14. The van der Waals surface area contributed by atoms with Gasteiger partial charge in [-0.05, 0) is 37.1 Å². The molecule has 36 heavy (non-hydrogen) atoms. The van der Waals surface area contributed by atoms with Crippen molar-refractivity contribution in [2.45, 2.75) is 25.4 Å². The van der Waals surface area contributed by atoms with Gasteiger partial charge in [0.25, 0.3) is 0 Å². The molecular formula is C27H29N7OS. The highest BCUT2D eigenvalue weighted by molar-refractivity contribution is 7.18. The molecule has 4 aromatic rings. The maximum atomic E-state index is 9.61. The lowest BCUT2D eigenvalue weighted by Crippen LogP contribution is -2.46. The van der Waals surface area contributed by atoms with Crippen molar-refractivity contribution in [3.8, 4) is 17.5 Å². The van der Waals surface area contributed by atoms with E-state index in [1.165, 1.54) is 30.8 Å². The molecule has 2 aliphatic heterocycles. The Morgan fingerprint density at radius 2 is 1.86 bits per heavy atom. The zero-order chi connectivity index (χ0) is 24.1. The number of aromatic amines is 1. The van der Waals surface area contributed by atoms with E-state index in [-0.39, 0.29) is 0 Å². The first-order chi connectivity index (χ1) is 17.7. The molecule has 7 rings (SSSR count). The van der Waals surface area contributed by atoms with Crippen molar-refractivity contribution in [1.82, 2.24) is 24.8 Å². The first-order valence-electron chi connectivity index (χ1n) is 12.9. The number of rotatable bonds is 5. The number of nitrogens with zero attached hydrogens (tertiary/aromatic N) is 6. The van der Waals surface area contributed by atoms with Crippen LogP contribution in [0.2, 0.25) is 0 Å². The van der Waals surface area contributed by atoms with Gasteiger partial charge in [-0.2, -0.15) is 5.26 Å². The van der Waals surface area contributed by atoms with Crippen LogP contribution in [0.1, 0.15) is 23.3 Å². The number of morpholine rings is 1. The SMILES string of the molecule is N#Cc1cc(-c2nc(N3CCOCC3)c3cc(CN4CCN(C5CC5)CC4)sc3n2)c2cc[nH]c2c1. The van der Waals surface area contributed by atoms with Gasteiger partial charge in [-0.25, -0.2) is 9.97 Å². The molecule has 3 aromatic heterocycles. The van der Waals surface area contributed by atoms with Gasteiger partial charge in [0.1, 0.15) is 10.6 Å². The largest absolute Gasteiger partial charge is 0.378 e. The van der Waals surface area contributed by atoms with E-state index in [9.17, 15) is 5.26 Å². The predicted molar refractivity (Wildman–Crippen MR) is 142 cm³/mol. The number of fused-ring (bicyclic) bond motifs is 2. The molecule has 5 heterocycles. The number of aromatic nitrogens is 3. The summed E-state index contributed by atoms with van der Waals surface area (Å²) >= 11 is 1.78. The van der Waals surface area contributed by atoms with E-state index in [1.807, 2.05) is 24.4 Å². The summed E-state index contributed by atoms with van der Waals surface area (Å²) < 4.78 is 5.63. The minimum absolute atomic E-state index is 0.605. The van der Waals surface area contributed by atoms with Gasteiger partial charge in [0, 0.05) is 79.4 Å². The Morgan fingerprint density at radius 3 is 2.64 bits per heavy atom. The molecule has 1 N–H and O–H groups in total. The fourth-order valence-electron chi connectivity index (χ4n) is 5.53. The number of benzene rings is 1. The Hall–Kier alpha value is -3.03. The molecule has 8 nitrogen and oxygen atoms in total. The number of piperazine rings is 1. The minimum Gasteiger partial charge on any atom is -0.378 e. The summed E-state index contributed by atoms with van der Waals surface area (Å²) in [7, 11) is 0. The van der Waals surface area contributed by atoms with Gasteiger partial charge in [-0.3, -0.25) is 9.80 Å². The van der Waals surface area contributed by atoms with E-state index in [1.54, 1.807) is 11.3 Å². The normalized spacial score (nSPS) is 19.8. The second-order valence-electron chi connectivity index (χ2n) is 10.0. The number of H-pyrrole nitrogens is 1. The Kier molecular flexibility index (Phi) is 5.62. The summed E-state index contributed by atoms with van der Waals surface area (Å²) in [5, 5.41) is 11.8. The van der Waals surface area contributed by atoms with Crippen LogP contribution >= 0.6 is 11.3 Å². The van der Waals surface area contributed by atoms with Gasteiger partial charge in [-0.1, -0.05) is 0 Å². The molecule has 0 spiro atoms. The van der Waals surface area contributed by atoms with Crippen LogP contribution in [0.4, 0.5) is 5.82 Å². The average Bonchev–Trinajstić information content (AvgIpc) is 3.52. The lowest BCUT2D eigenvalue weighted by molar-refractivity contribution is 0.122. The summed E-state index contributed by atoms with van der Waals surface area (Å²) in [6, 6.07) is 11.3. The van der Waals surface area contributed by atoms with E-state index in [2.05, 4.69) is 31.8 Å². The van der Waals surface area contributed by atoms with E-state index >= 15 is 0 Å². The fourth-order valence-corrected chi connectivity index (χ4v) is 6.60. The smallest absolute Gasteiger partial charge is 0.163 e. The molecule has 0 radical (unpaired) electrons. The molecule has 2 saturated heterocycles. The molecule has 0 atom stereocenters. The number of nitriles is 1. The Morgan fingerprint density at radius 1 is 1.03 bits per heavy atom. The van der Waals surface area contributed by atoms with Crippen LogP contribution in [-0.2, 0) is 11.3 Å². The highest BCUT2D eigenvalue weighted by Crippen LogP contribution is 2.36. The predicted octanol–water partition coefficient (Wildman–Crippen LogP) is 3.83. The van der Waals surface area contributed by atoms with Gasteiger partial charge in [0.15, 0.2) is 5.82 Å². The van der Waals surface area contributed by atoms with Crippen molar-refractivity contribution in [2.75, 3.05) is 57.4 Å². The Bertz CT molecular complexity index is 1450. The van der Waals surface area contributed by atoms with Crippen LogP contribution in [0.3, 0.4) is 0 Å². The maximum absolute atomic E-state index is 9.61. The molecule has 3 aliphatic rings. The Balaban J connectivity index is 1.27. The quantitative estimate of drug-likeness (QED) is 0.447. The average molecular weight is 500 g/mol. The number of hydrogen-bond donors (Lipinski definition) is 1. The van der Waals surface area contributed by atoms with Crippen LogP contribution in [0.5, 0.6) is 0 Å². The molecule has 0 unspecified atom stereocenters. The lowest BCUT2D eigenvalue weighted by atomic mass is 10.1. The van der Waals surface area contributed by atoms with Crippen LogP contribution in [0.15, 0.2) is 30.5 Å². The zero-order valence-electron chi connectivity index (χ0n) is 20.2. The van der Waals surface area contributed by atoms with E-state index in [0.717, 1.165) is 71.3 Å². The summed E-state index contributed by atoms with van der Waals surface area (Å²) in [5.74, 6) is 1.66. The first-order valence-corrected chi connectivity index (χ1v) is 13.7. The van der Waals surface area contributed by atoms with Gasteiger partial charge in [0.05, 0.1) is 30.2 Å². The van der Waals surface area contributed by atoms with E-state index < -0.39 is 0 Å². The molecule has 1 aliphatic carbocycles. The molecule has 1 aromatic carbocycles. The van der Waals surface area contributed by atoms with Crippen molar-refractivity contribution in [3.63, 3.8) is 0 Å². The summed E-state index contributed by atoms with van der Waals surface area (Å²) in [6.45, 7) is 8.62. The molecule has 0 bridgehead atoms. The molecule has 1 saturated carbocycles. The first kappa shape index (κ1) is 22.2. The summed E-state index contributed by atoms with van der Waals surface area (Å²) in [6.07, 6.45) is 4.67. The zero-order valence-corrected chi connectivity index (χ0v) is 21.1. The molecule has 184 valence electrons. The van der Waals surface area contributed by atoms with Crippen molar-refractivity contribution < 1.29 is 4.74 Å². The highest BCUT2D eigenvalue weighted by atomic mass is 32.1. The molecular weight excluding hydrogens is 470 g/mol. The van der Waals surface area contributed by atoms with Crippen LogP contribution in [0.25, 0.3) is 32.5 Å². The fraction of sp³-hybridized carbons (Fsp3) is 0.444. The third-order valence-electron chi connectivity index (χ3n) is 7.62.